The van der Waals surface area contributed by atoms with Gasteiger partial charge >= 0.3 is 12.4 Å². The first kappa shape index (κ1) is 22.9. The molecule has 2 atom stereocenters. The van der Waals surface area contributed by atoms with E-state index < -0.39 is 68.6 Å². The normalized spacial score (nSPS) is 25.0. The molecule has 166 valence electrons. The lowest BCUT2D eigenvalue weighted by Gasteiger charge is -2.26. The summed E-state index contributed by atoms with van der Waals surface area (Å²) in [7, 11) is -2.35. The molecule has 0 saturated carbocycles. The zero-order chi connectivity index (χ0) is 22.5. The highest BCUT2D eigenvalue weighted by molar-refractivity contribution is 8.16. The van der Waals surface area contributed by atoms with Crippen LogP contribution >= 0.6 is 11.8 Å². The zero-order valence-corrected chi connectivity index (χ0v) is 16.8. The number of thioether (sulfide) groups is 1. The number of rotatable bonds is 3. The molecule has 0 radical (unpaired) electrons. The van der Waals surface area contributed by atoms with Crippen LogP contribution in [0.1, 0.15) is 11.1 Å². The molecule has 6 nitrogen and oxygen atoms in total. The van der Waals surface area contributed by atoms with E-state index in [4.69, 9.17) is 0 Å². The van der Waals surface area contributed by atoms with Gasteiger partial charge in [-0.15, -0.1) is 0 Å². The zero-order valence-electron chi connectivity index (χ0n) is 15.1. The van der Waals surface area contributed by atoms with Crippen LogP contribution < -0.4 is 4.90 Å². The number of alkyl halides is 6. The van der Waals surface area contributed by atoms with Crippen LogP contribution in [-0.4, -0.2) is 56.0 Å². The Labute approximate surface area is 171 Å². The number of benzene rings is 1. The van der Waals surface area contributed by atoms with Crippen molar-refractivity contribution in [2.24, 2.45) is 4.99 Å². The first-order valence-corrected chi connectivity index (χ1v) is 11.0. The number of amides is 1. The fourth-order valence-electron chi connectivity index (χ4n) is 3.21. The molecule has 0 bridgehead atoms. The van der Waals surface area contributed by atoms with Crippen molar-refractivity contribution >= 4 is 38.4 Å². The highest BCUT2D eigenvalue weighted by Crippen LogP contribution is 2.44. The summed E-state index contributed by atoms with van der Waals surface area (Å²) in [5, 5.41) is -0.859. The summed E-state index contributed by atoms with van der Waals surface area (Å²) in [6, 6.07) is -0.0138. The fraction of sp³-hybridized carbons (Fsp3) is 0.500. The van der Waals surface area contributed by atoms with Gasteiger partial charge in [0.2, 0.25) is 0 Å². The number of fused-ring (bicyclic) bond motifs is 1. The number of sulfone groups is 1. The van der Waals surface area contributed by atoms with E-state index in [1.54, 1.807) is 0 Å². The third-order valence-electron chi connectivity index (χ3n) is 4.41. The molecule has 1 aromatic carbocycles. The summed E-state index contributed by atoms with van der Waals surface area (Å²) >= 11 is 0.825. The molecule has 2 saturated heterocycles. The second-order valence-corrected chi connectivity index (χ2v) is 10.0. The van der Waals surface area contributed by atoms with Crippen molar-refractivity contribution in [1.29, 1.82) is 0 Å². The van der Waals surface area contributed by atoms with Crippen molar-refractivity contribution in [3.05, 3.63) is 29.3 Å². The molecule has 1 aromatic rings. The maximum atomic E-state index is 13.2. The van der Waals surface area contributed by atoms with Crippen LogP contribution in [0.25, 0.3) is 0 Å². The number of anilines is 1. The summed E-state index contributed by atoms with van der Waals surface area (Å²) in [4.78, 5) is 16.5. The summed E-state index contributed by atoms with van der Waals surface area (Å²) in [5.41, 5.74) is -3.65. The predicted octanol–water partition coefficient (Wildman–Crippen LogP) is 2.97. The van der Waals surface area contributed by atoms with E-state index in [1.807, 2.05) is 0 Å². The number of nitrogens with zero attached hydrogens (tertiary/aromatic N) is 2. The molecular formula is C16H14F6N2O4S2. The number of methoxy groups -OCH3 is 1. The van der Waals surface area contributed by atoms with Gasteiger partial charge in [0.25, 0.3) is 5.91 Å². The van der Waals surface area contributed by atoms with Gasteiger partial charge in [0.1, 0.15) is 6.61 Å². The monoisotopic (exact) mass is 476 g/mol. The predicted molar refractivity (Wildman–Crippen MR) is 97.1 cm³/mol. The number of carbonyl (C=O) groups excluding carboxylic acids is 1. The molecular weight excluding hydrogens is 462 g/mol. The molecule has 3 rings (SSSR count). The molecule has 0 aliphatic carbocycles. The molecule has 0 spiro atoms. The molecule has 14 heteroatoms. The van der Waals surface area contributed by atoms with Crippen LogP contribution in [0.4, 0.5) is 32.0 Å². The van der Waals surface area contributed by atoms with Crippen LogP contribution in [0.15, 0.2) is 23.2 Å². The SMILES string of the molecule is COCC(=O)N=C1S[C@@H]2CS(=O)(=O)C[C@H]2N1c1cc(C(F)(F)F)cc(C(F)(F)F)c1. The lowest BCUT2D eigenvalue weighted by molar-refractivity contribution is -0.143. The largest absolute Gasteiger partial charge is 0.416 e. The van der Waals surface area contributed by atoms with E-state index in [-0.39, 0.29) is 17.0 Å². The van der Waals surface area contributed by atoms with Gasteiger partial charge in [0, 0.05) is 18.0 Å². The van der Waals surface area contributed by atoms with Gasteiger partial charge in [-0.25, -0.2) is 8.42 Å². The molecule has 2 aliphatic rings. The number of ether oxygens (including phenoxy) is 1. The van der Waals surface area contributed by atoms with Gasteiger partial charge < -0.3 is 9.64 Å². The van der Waals surface area contributed by atoms with E-state index in [9.17, 15) is 39.6 Å². The maximum absolute atomic E-state index is 13.2. The van der Waals surface area contributed by atoms with Gasteiger partial charge in [-0.2, -0.15) is 31.3 Å². The summed E-state index contributed by atoms with van der Waals surface area (Å²) in [6.07, 6.45) is -10.2. The number of halogens is 6. The third-order valence-corrected chi connectivity index (χ3v) is 7.62. The van der Waals surface area contributed by atoms with E-state index in [1.165, 1.54) is 7.11 Å². The quantitative estimate of drug-likeness (QED) is 0.625. The Kier molecular flexibility index (Phi) is 5.88. The molecule has 2 fully saturated rings. The van der Waals surface area contributed by atoms with E-state index in [0.717, 1.165) is 16.7 Å². The van der Waals surface area contributed by atoms with Crippen LogP contribution in [0.5, 0.6) is 0 Å². The minimum atomic E-state index is -5.08. The van der Waals surface area contributed by atoms with Crippen molar-refractivity contribution in [3.8, 4) is 0 Å². The van der Waals surface area contributed by atoms with Crippen LogP contribution in [0.3, 0.4) is 0 Å². The minimum Gasteiger partial charge on any atom is -0.375 e. The first-order valence-electron chi connectivity index (χ1n) is 8.27. The summed E-state index contributed by atoms with van der Waals surface area (Å²) < 4.78 is 108. The average molecular weight is 476 g/mol. The Morgan fingerprint density at radius 2 is 1.70 bits per heavy atom. The Morgan fingerprint density at radius 1 is 1.13 bits per heavy atom. The standard InChI is InChI=1S/C16H14F6N2O4S2/c1-28-5-13(25)23-14-24(11-6-30(26,27)7-12(11)29-14)10-3-8(15(17,18)19)2-9(4-10)16(20,21)22/h2-4,11-12H,5-7H2,1H3/t11-,12-/m1/s1. The second kappa shape index (κ2) is 7.71. The van der Waals surface area contributed by atoms with Gasteiger partial charge in [-0.3, -0.25) is 4.79 Å². The van der Waals surface area contributed by atoms with E-state index >= 15 is 0 Å². The molecule has 2 aliphatic heterocycles. The lowest BCUT2D eigenvalue weighted by atomic mass is 10.1. The fourth-order valence-corrected chi connectivity index (χ4v) is 7.14. The van der Waals surface area contributed by atoms with Crippen molar-refractivity contribution in [2.45, 2.75) is 23.6 Å². The molecule has 0 N–H and O–H groups in total. The highest BCUT2D eigenvalue weighted by atomic mass is 32.2. The molecule has 0 unspecified atom stereocenters. The first-order chi connectivity index (χ1) is 13.7. The molecule has 30 heavy (non-hydrogen) atoms. The topological polar surface area (TPSA) is 76.0 Å². The van der Waals surface area contributed by atoms with Crippen LogP contribution in [0.2, 0.25) is 0 Å². The van der Waals surface area contributed by atoms with Crippen molar-refractivity contribution < 1.29 is 44.3 Å². The number of aliphatic imine (C=N–C) groups is 1. The summed E-state index contributed by atoms with van der Waals surface area (Å²) in [5.74, 6) is -1.63. The van der Waals surface area contributed by atoms with Crippen LogP contribution in [-0.2, 0) is 31.7 Å². The van der Waals surface area contributed by atoms with Gasteiger partial charge in [-0.05, 0) is 18.2 Å². The Bertz CT molecular complexity index is 958. The number of hydrogen-bond acceptors (Lipinski definition) is 5. The van der Waals surface area contributed by atoms with E-state index in [0.29, 0.717) is 12.1 Å². The van der Waals surface area contributed by atoms with E-state index in [2.05, 4.69) is 9.73 Å². The van der Waals surface area contributed by atoms with Crippen LogP contribution in [0, 0.1) is 0 Å². The Hall–Kier alpha value is -1.80. The van der Waals surface area contributed by atoms with Gasteiger partial charge in [0.15, 0.2) is 15.0 Å². The number of amidine groups is 1. The van der Waals surface area contributed by atoms with Crippen molar-refractivity contribution in [3.63, 3.8) is 0 Å². The number of carbonyl (C=O) groups is 1. The minimum absolute atomic E-state index is 0.0253. The summed E-state index contributed by atoms with van der Waals surface area (Å²) in [6.45, 7) is -0.456. The average Bonchev–Trinajstić information content (AvgIpc) is 3.03. The van der Waals surface area contributed by atoms with Crippen molar-refractivity contribution in [1.82, 2.24) is 0 Å². The number of hydrogen-bond donors (Lipinski definition) is 0. The molecule has 1 amide bonds. The Balaban J connectivity index is 2.16. The van der Waals surface area contributed by atoms with Gasteiger partial charge in [0.05, 0.1) is 28.7 Å². The third kappa shape index (κ3) is 4.75. The smallest absolute Gasteiger partial charge is 0.375 e. The van der Waals surface area contributed by atoms with Gasteiger partial charge in [-0.1, -0.05) is 11.8 Å². The molecule has 2 heterocycles. The lowest BCUT2D eigenvalue weighted by Crippen LogP contribution is -2.38. The molecule has 0 aromatic heterocycles. The highest BCUT2D eigenvalue weighted by Gasteiger charge is 2.50. The van der Waals surface area contributed by atoms with Crippen molar-refractivity contribution in [2.75, 3.05) is 30.1 Å². The second-order valence-electron chi connectivity index (χ2n) is 6.66. The Morgan fingerprint density at radius 3 is 2.20 bits per heavy atom. The maximum Gasteiger partial charge on any atom is 0.416 e.